The van der Waals surface area contributed by atoms with E-state index in [0.29, 0.717) is 10.5 Å². The predicted molar refractivity (Wildman–Crippen MR) is 70.5 cm³/mol. The van der Waals surface area contributed by atoms with Gasteiger partial charge in [0.25, 0.3) is 0 Å². The Balaban J connectivity index is 2.14. The van der Waals surface area contributed by atoms with Crippen LogP contribution in [0.5, 0.6) is 5.75 Å². The summed E-state index contributed by atoms with van der Waals surface area (Å²) < 4.78 is 40.7. The van der Waals surface area contributed by atoms with Crippen LogP contribution in [-0.2, 0) is 0 Å². The van der Waals surface area contributed by atoms with E-state index in [1.54, 1.807) is 12.1 Å². The van der Waals surface area contributed by atoms with Gasteiger partial charge in [-0.15, -0.1) is 13.2 Å². The lowest BCUT2D eigenvalue weighted by Crippen LogP contribution is -2.49. The lowest BCUT2D eigenvalue weighted by molar-refractivity contribution is -0.274. The summed E-state index contributed by atoms with van der Waals surface area (Å²) in [5.74, 6) is -0.223. The molecule has 0 radical (unpaired) electrons. The summed E-state index contributed by atoms with van der Waals surface area (Å²) in [5.41, 5.74) is 0.884. The number of hydrogen-bond acceptors (Lipinski definition) is 3. The Morgan fingerprint density at radius 3 is 2.74 bits per heavy atom. The SMILES string of the molecule is CC1CN(c2ccc(OC(F)(F)F)c(Br)c2)CCN1. The van der Waals surface area contributed by atoms with Crippen LogP contribution in [0.2, 0.25) is 0 Å². The van der Waals surface area contributed by atoms with Crippen LogP contribution in [0.4, 0.5) is 18.9 Å². The summed E-state index contributed by atoms with van der Waals surface area (Å²) >= 11 is 3.11. The molecule has 0 saturated carbocycles. The van der Waals surface area contributed by atoms with Gasteiger partial charge >= 0.3 is 6.36 Å². The van der Waals surface area contributed by atoms with Crippen molar-refractivity contribution in [1.82, 2.24) is 5.32 Å². The Hall–Kier alpha value is -0.950. The van der Waals surface area contributed by atoms with Gasteiger partial charge in [0.15, 0.2) is 0 Å². The molecule has 1 unspecified atom stereocenters. The van der Waals surface area contributed by atoms with E-state index in [4.69, 9.17) is 0 Å². The summed E-state index contributed by atoms with van der Waals surface area (Å²) in [6.07, 6.45) is -4.67. The van der Waals surface area contributed by atoms with Crippen molar-refractivity contribution in [1.29, 1.82) is 0 Å². The molecular formula is C12H14BrF3N2O. The Labute approximate surface area is 117 Å². The molecule has 1 aliphatic heterocycles. The van der Waals surface area contributed by atoms with E-state index in [9.17, 15) is 13.2 Å². The molecule has 19 heavy (non-hydrogen) atoms. The van der Waals surface area contributed by atoms with Gasteiger partial charge < -0.3 is 15.0 Å². The number of rotatable bonds is 2. The molecule has 106 valence electrons. The first kappa shape index (κ1) is 14.5. The number of ether oxygens (including phenoxy) is 1. The monoisotopic (exact) mass is 338 g/mol. The topological polar surface area (TPSA) is 24.5 Å². The molecular weight excluding hydrogens is 325 g/mol. The molecule has 1 atom stereocenters. The van der Waals surface area contributed by atoms with Crippen molar-refractivity contribution >= 4 is 21.6 Å². The molecule has 1 aliphatic rings. The van der Waals surface area contributed by atoms with Crippen LogP contribution < -0.4 is 15.0 Å². The molecule has 3 nitrogen and oxygen atoms in total. The molecule has 0 bridgehead atoms. The molecule has 0 spiro atoms. The number of anilines is 1. The van der Waals surface area contributed by atoms with Gasteiger partial charge in [-0.25, -0.2) is 0 Å². The standard InChI is InChI=1S/C12H14BrF3N2O/c1-8-7-18(5-4-17-8)9-2-3-11(10(13)6-9)19-12(14,15)16/h2-3,6,8,17H,4-5,7H2,1H3. The maximum atomic E-state index is 12.2. The first-order valence-electron chi connectivity index (χ1n) is 5.89. The van der Waals surface area contributed by atoms with Crippen LogP contribution in [0.25, 0.3) is 0 Å². The van der Waals surface area contributed by atoms with E-state index >= 15 is 0 Å². The van der Waals surface area contributed by atoms with Crippen molar-refractivity contribution < 1.29 is 17.9 Å². The summed E-state index contributed by atoms with van der Waals surface area (Å²) in [6, 6.07) is 4.99. The number of nitrogens with one attached hydrogen (secondary N) is 1. The predicted octanol–water partition coefficient (Wildman–Crippen LogP) is 3.15. The first-order chi connectivity index (χ1) is 8.85. The van der Waals surface area contributed by atoms with Gasteiger partial charge in [-0.3, -0.25) is 0 Å². The number of benzene rings is 1. The zero-order valence-electron chi connectivity index (χ0n) is 10.3. The molecule has 1 aromatic carbocycles. The highest BCUT2D eigenvalue weighted by molar-refractivity contribution is 9.10. The summed E-state index contributed by atoms with van der Waals surface area (Å²) in [6.45, 7) is 4.59. The third-order valence-electron chi connectivity index (χ3n) is 2.88. The van der Waals surface area contributed by atoms with Crippen LogP contribution in [0.15, 0.2) is 22.7 Å². The lowest BCUT2D eigenvalue weighted by atomic mass is 10.2. The average molecular weight is 339 g/mol. The minimum atomic E-state index is -4.67. The summed E-state index contributed by atoms with van der Waals surface area (Å²) in [7, 11) is 0. The Bertz CT molecular complexity index is 453. The number of piperazine rings is 1. The molecule has 1 saturated heterocycles. The van der Waals surface area contributed by atoms with E-state index in [-0.39, 0.29) is 5.75 Å². The smallest absolute Gasteiger partial charge is 0.405 e. The highest BCUT2D eigenvalue weighted by Crippen LogP contribution is 2.33. The fourth-order valence-electron chi connectivity index (χ4n) is 2.06. The molecule has 7 heteroatoms. The van der Waals surface area contributed by atoms with Gasteiger partial charge in [-0.1, -0.05) is 0 Å². The van der Waals surface area contributed by atoms with Crippen molar-refractivity contribution in [2.24, 2.45) is 0 Å². The number of halogens is 4. The van der Waals surface area contributed by atoms with Gasteiger partial charge in [0.2, 0.25) is 0 Å². The van der Waals surface area contributed by atoms with E-state index in [2.05, 4.69) is 37.8 Å². The second-order valence-corrected chi connectivity index (χ2v) is 5.32. The average Bonchev–Trinajstić information content (AvgIpc) is 2.30. The molecule has 0 aliphatic carbocycles. The fraction of sp³-hybridized carbons (Fsp3) is 0.500. The summed E-state index contributed by atoms with van der Waals surface area (Å²) in [5, 5.41) is 3.31. The largest absolute Gasteiger partial charge is 0.573 e. The van der Waals surface area contributed by atoms with Gasteiger partial charge in [0, 0.05) is 31.4 Å². The fourth-order valence-corrected chi connectivity index (χ4v) is 2.51. The van der Waals surface area contributed by atoms with E-state index < -0.39 is 6.36 Å². The van der Waals surface area contributed by atoms with Crippen molar-refractivity contribution in [3.63, 3.8) is 0 Å². The third-order valence-corrected chi connectivity index (χ3v) is 3.49. The molecule has 1 heterocycles. The highest BCUT2D eigenvalue weighted by atomic mass is 79.9. The van der Waals surface area contributed by atoms with Crippen LogP contribution in [0.1, 0.15) is 6.92 Å². The molecule has 1 aromatic rings. The van der Waals surface area contributed by atoms with Crippen molar-refractivity contribution in [3.8, 4) is 5.75 Å². The van der Waals surface area contributed by atoms with Crippen LogP contribution in [0, 0.1) is 0 Å². The van der Waals surface area contributed by atoms with Gasteiger partial charge in [0.1, 0.15) is 5.75 Å². The Kier molecular flexibility index (Phi) is 4.25. The zero-order chi connectivity index (χ0) is 14.0. The highest BCUT2D eigenvalue weighted by Gasteiger charge is 2.32. The van der Waals surface area contributed by atoms with Crippen molar-refractivity contribution in [2.75, 3.05) is 24.5 Å². The Morgan fingerprint density at radius 1 is 1.42 bits per heavy atom. The van der Waals surface area contributed by atoms with Crippen molar-refractivity contribution in [2.45, 2.75) is 19.3 Å². The molecule has 0 aromatic heterocycles. The van der Waals surface area contributed by atoms with E-state index in [1.807, 2.05) is 0 Å². The zero-order valence-corrected chi connectivity index (χ0v) is 11.9. The van der Waals surface area contributed by atoms with E-state index in [0.717, 1.165) is 25.3 Å². The quantitative estimate of drug-likeness (QED) is 0.896. The number of alkyl halides is 3. The van der Waals surface area contributed by atoms with Gasteiger partial charge in [-0.2, -0.15) is 0 Å². The molecule has 1 N–H and O–H groups in total. The van der Waals surface area contributed by atoms with Gasteiger partial charge in [0.05, 0.1) is 4.47 Å². The van der Waals surface area contributed by atoms with Crippen LogP contribution in [0.3, 0.4) is 0 Å². The van der Waals surface area contributed by atoms with Crippen LogP contribution in [-0.4, -0.2) is 32.0 Å². The molecule has 1 fully saturated rings. The number of hydrogen-bond donors (Lipinski definition) is 1. The maximum absolute atomic E-state index is 12.2. The third kappa shape index (κ3) is 4.01. The van der Waals surface area contributed by atoms with Gasteiger partial charge in [-0.05, 0) is 41.1 Å². The van der Waals surface area contributed by atoms with E-state index in [1.165, 1.54) is 6.07 Å². The Morgan fingerprint density at radius 2 is 2.16 bits per heavy atom. The van der Waals surface area contributed by atoms with Crippen LogP contribution >= 0.6 is 15.9 Å². The van der Waals surface area contributed by atoms with Crippen molar-refractivity contribution in [3.05, 3.63) is 22.7 Å². The second-order valence-electron chi connectivity index (χ2n) is 4.46. The lowest BCUT2D eigenvalue weighted by Gasteiger charge is -2.33. The minimum absolute atomic E-state index is 0.223. The molecule has 2 rings (SSSR count). The summed E-state index contributed by atoms with van der Waals surface area (Å²) in [4.78, 5) is 2.13. The second kappa shape index (κ2) is 5.58. The normalized spacial score (nSPS) is 20.5. The minimum Gasteiger partial charge on any atom is -0.405 e. The maximum Gasteiger partial charge on any atom is 0.573 e. The molecule has 0 amide bonds. The first-order valence-corrected chi connectivity index (χ1v) is 6.68. The number of nitrogens with zero attached hydrogens (tertiary/aromatic N) is 1.